The molecule has 2 atom stereocenters. The second kappa shape index (κ2) is 8.65. The first-order chi connectivity index (χ1) is 15.4. The minimum absolute atomic E-state index is 0.180. The van der Waals surface area contributed by atoms with Gasteiger partial charge in [-0.2, -0.15) is 0 Å². The van der Waals surface area contributed by atoms with Crippen LogP contribution in [0.2, 0.25) is 0 Å². The normalized spacial score (nSPS) is 25.6. The number of likely N-dealkylation sites (tertiary alicyclic amines) is 1. The van der Waals surface area contributed by atoms with Crippen molar-refractivity contribution in [3.8, 4) is 0 Å². The van der Waals surface area contributed by atoms with Gasteiger partial charge < -0.3 is 15.0 Å². The number of hydrogen-bond acceptors (Lipinski definition) is 6. The van der Waals surface area contributed by atoms with Gasteiger partial charge in [-0.25, -0.2) is 12.8 Å². The van der Waals surface area contributed by atoms with Crippen molar-refractivity contribution in [2.24, 2.45) is 17.8 Å². The van der Waals surface area contributed by atoms with E-state index in [0.717, 1.165) is 50.5 Å². The van der Waals surface area contributed by atoms with Crippen LogP contribution in [0.25, 0.3) is 0 Å². The molecule has 8 heteroatoms. The van der Waals surface area contributed by atoms with Crippen LogP contribution in [0.4, 0.5) is 15.8 Å². The van der Waals surface area contributed by atoms with Crippen LogP contribution in [0.15, 0.2) is 47.4 Å². The number of benzene rings is 2. The molecular formula is C24H30FN3O3S. The molecule has 0 spiro atoms. The third kappa shape index (κ3) is 4.63. The second-order valence-corrected chi connectivity index (χ2v) is 11.3. The topological polar surface area (TPSA) is 61.9 Å². The Morgan fingerprint density at radius 2 is 1.75 bits per heavy atom. The largest absolute Gasteiger partial charge is 0.385 e. The van der Waals surface area contributed by atoms with Crippen molar-refractivity contribution in [3.63, 3.8) is 0 Å². The molecule has 2 heterocycles. The zero-order valence-electron chi connectivity index (χ0n) is 18.3. The van der Waals surface area contributed by atoms with Gasteiger partial charge in [0.2, 0.25) is 0 Å². The van der Waals surface area contributed by atoms with Crippen molar-refractivity contribution < 1.29 is 17.5 Å². The van der Waals surface area contributed by atoms with E-state index in [4.69, 9.17) is 4.74 Å². The lowest BCUT2D eigenvalue weighted by Crippen LogP contribution is -2.36. The number of nitrogens with one attached hydrogen (secondary N) is 1. The van der Waals surface area contributed by atoms with Crippen LogP contribution in [0.5, 0.6) is 0 Å². The Kier molecular flexibility index (Phi) is 5.86. The molecule has 32 heavy (non-hydrogen) atoms. The van der Waals surface area contributed by atoms with Crippen LogP contribution >= 0.6 is 0 Å². The molecule has 2 unspecified atom stereocenters. The molecule has 3 fully saturated rings. The first kappa shape index (κ1) is 21.7. The monoisotopic (exact) mass is 459 g/mol. The van der Waals surface area contributed by atoms with Gasteiger partial charge in [0.1, 0.15) is 5.82 Å². The van der Waals surface area contributed by atoms with Gasteiger partial charge in [0.25, 0.3) is 0 Å². The summed E-state index contributed by atoms with van der Waals surface area (Å²) in [5.41, 5.74) is 2.64. The summed E-state index contributed by atoms with van der Waals surface area (Å²) < 4.78 is 43.1. The SMILES string of the molecule is CS(=O)(=O)c1ccc(CN2CC3C(CNc4ccc(N5CCOCC5)c(F)c4)C3C2)cc1. The lowest BCUT2D eigenvalue weighted by atomic mass is 10.2. The predicted octanol–water partition coefficient (Wildman–Crippen LogP) is 2.86. The Hall–Kier alpha value is -2.16. The maximum Gasteiger partial charge on any atom is 0.175 e. The van der Waals surface area contributed by atoms with Gasteiger partial charge in [-0.15, -0.1) is 0 Å². The molecule has 0 radical (unpaired) electrons. The fourth-order valence-corrected chi connectivity index (χ4v) is 5.81. The molecule has 2 aliphatic heterocycles. The first-order valence-electron chi connectivity index (χ1n) is 11.3. The molecule has 6 nitrogen and oxygen atoms in total. The molecule has 2 saturated heterocycles. The Bertz CT molecular complexity index is 1060. The third-order valence-electron chi connectivity index (χ3n) is 7.05. The zero-order valence-corrected chi connectivity index (χ0v) is 19.2. The van der Waals surface area contributed by atoms with Crippen LogP contribution in [-0.2, 0) is 21.1 Å². The lowest BCUT2D eigenvalue weighted by Gasteiger charge is -2.29. The highest BCUT2D eigenvalue weighted by molar-refractivity contribution is 7.90. The van der Waals surface area contributed by atoms with E-state index in [-0.39, 0.29) is 5.82 Å². The van der Waals surface area contributed by atoms with Gasteiger partial charge in [0.05, 0.1) is 23.8 Å². The van der Waals surface area contributed by atoms with Gasteiger partial charge in [0.15, 0.2) is 9.84 Å². The number of halogens is 1. The predicted molar refractivity (Wildman–Crippen MR) is 123 cm³/mol. The smallest absolute Gasteiger partial charge is 0.175 e. The van der Waals surface area contributed by atoms with Crippen LogP contribution in [0.3, 0.4) is 0 Å². The van der Waals surface area contributed by atoms with Crippen molar-refractivity contribution in [2.75, 3.05) is 62.4 Å². The molecule has 0 bridgehead atoms. The average molecular weight is 460 g/mol. The molecule has 2 aromatic carbocycles. The Balaban J connectivity index is 1.09. The highest BCUT2D eigenvalue weighted by atomic mass is 32.2. The molecule has 0 amide bonds. The van der Waals surface area contributed by atoms with E-state index in [1.807, 2.05) is 29.2 Å². The molecule has 1 aliphatic carbocycles. The van der Waals surface area contributed by atoms with Crippen molar-refractivity contribution in [3.05, 3.63) is 53.8 Å². The summed E-state index contributed by atoms with van der Waals surface area (Å²) in [6, 6.07) is 12.7. The van der Waals surface area contributed by atoms with E-state index in [1.54, 1.807) is 18.2 Å². The molecular weight excluding hydrogens is 429 g/mol. The van der Waals surface area contributed by atoms with Gasteiger partial charge in [0, 0.05) is 51.2 Å². The lowest BCUT2D eigenvalue weighted by molar-refractivity contribution is 0.122. The highest BCUT2D eigenvalue weighted by Crippen LogP contribution is 2.51. The van der Waals surface area contributed by atoms with Crippen molar-refractivity contribution >= 4 is 21.2 Å². The first-order valence-corrected chi connectivity index (χ1v) is 13.1. The van der Waals surface area contributed by atoms with Gasteiger partial charge in [-0.3, -0.25) is 4.90 Å². The maximum atomic E-state index is 14.6. The van der Waals surface area contributed by atoms with Crippen LogP contribution < -0.4 is 10.2 Å². The number of sulfone groups is 1. The number of hydrogen-bond donors (Lipinski definition) is 1. The quantitative estimate of drug-likeness (QED) is 0.687. The summed E-state index contributed by atoms with van der Waals surface area (Å²) in [4.78, 5) is 4.85. The van der Waals surface area contributed by atoms with E-state index in [1.165, 1.54) is 6.26 Å². The third-order valence-corrected chi connectivity index (χ3v) is 8.17. The van der Waals surface area contributed by atoms with Crippen molar-refractivity contribution in [2.45, 2.75) is 11.4 Å². The summed E-state index contributed by atoms with van der Waals surface area (Å²) >= 11 is 0. The summed E-state index contributed by atoms with van der Waals surface area (Å²) in [6.45, 7) is 6.61. The summed E-state index contributed by atoms with van der Waals surface area (Å²) in [5.74, 6) is 1.84. The van der Waals surface area contributed by atoms with Crippen LogP contribution in [0.1, 0.15) is 5.56 Å². The van der Waals surface area contributed by atoms with Crippen LogP contribution in [0, 0.1) is 23.6 Å². The number of rotatable bonds is 7. The molecule has 0 aromatic heterocycles. The maximum absolute atomic E-state index is 14.6. The molecule has 2 aromatic rings. The molecule has 5 rings (SSSR count). The minimum atomic E-state index is -3.15. The Labute approximate surface area is 189 Å². The van der Waals surface area contributed by atoms with E-state index in [9.17, 15) is 12.8 Å². The number of morpholine rings is 1. The number of ether oxygens (including phenoxy) is 1. The van der Waals surface area contributed by atoms with Crippen LogP contribution in [-0.4, -0.2) is 65.5 Å². The summed E-state index contributed by atoms with van der Waals surface area (Å²) in [5, 5.41) is 3.43. The number of piperidine rings is 1. The second-order valence-electron chi connectivity index (χ2n) is 9.25. The minimum Gasteiger partial charge on any atom is -0.385 e. The summed E-state index contributed by atoms with van der Waals surface area (Å²) in [7, 11) is -3.15. The average Bonchev–Trinajstić information content (AvgIpc) is 3.23. The van der Waals surface area contributed by atoms with Crippen molar-refractivity contribution in [1.29, 1.82) is 0 Å². The fraction of sp³-hybridized carbons (Fsp3) is 0.500. The zero-order chi connectivity index (χ0) is 22.3. The Morgan fingerprint density at radius 1 is 1.06 bits per heavy atom. The number of fused-ring (bicyclic) bond motifs is 1. The standard InChI is InChI=1S/C24H30FN3O3S/c1-32(29,30)19-5-2-17(3-6-19)14-27-15-21-20(22(21)16-27)13-26-18-4-7-24(23(25)12-18)28-8-10-31-11-9-28/h2-7,12,20-22,26H,8-11,13-16H2,1H3. The van der Waals surface area contributed by atoms with E-state index < -0.39 is 9.84 Å². The highest BCUT2D eigenvalue weighted by Gasteiger charge is 2.54. The van der Waals surface area contributed by atoms with E-state index in [0.29, 0.717) is 41.6 Å². The van der Waals surface area contributed by atoms with E-state index >= 15 is 0 Å². The molecule has 3 aliphatic rings. The molecule has 1 saturated carbocycles. The molecule has 172 valence electrons. The number of nitrogens with zero attached hydrogens (tertiary/aromatic N) is 2. The summed E-state index contributed by atoms with van der Waals surface area (Å²) in [6.07, 6.45) is 1.23. The fourth-order valence-electron chi connectivity index (χ4n) is 5.18. The van der Waals surface area contributed by atoms with E-state index in [2.05, 4.69) is 10.2 Å². The van der Waals surface area contributed by atoms with Crippen molar-refractivity contribution in [1.82, 2.24) is 4.90 Å². The molecule has 1 N–H and O–H groups in total. The number of anilines is 2. The van der Waals surface area contributed by atoms with Gasteiger partial charge in [-0.1, -0.05) is 12.1 Å². The van der Waals surface area contributed by atoms with Gasteiger partial charge in [-0.05, 0) is 53.6 Å². The Morgan fingerprint density at radius 3 is 2.38 bits per heavy atom. The van der Waals surface area contributed by atoms with Gasteiger partial charge >= 0.3 is 0 Å².